The normalized spacial score (nSPS) is 11.0. The van der Waals surface area contributed by atoms with E-state index in [0.717, 1.165) is 28.0 Å². The fraction of sp³-hybridized carbons (Fsp3) is 0.348. The Hall–Kier alpha value is -2.86. The Kier molecular flexibility index (Phi) is 6.77. The molecule has 1 aromatic heterocycles. The molecule has 0 fully saturated rings. The van der Waals surface area contributed by atoms with Crippen molar-refractivity contribution >= 4 is 17.5 Å². The third-order valence-electron chi connectivity index (χ3n) is 4.94. The van der Waals surface area contributed by atoms with E-state index < -0.39 is 0 Å². The van der Waals surface area contributed by atoms with E-state index >= 15 is 0 Å². The zero-order chi connectivity index (χ0) is 21.8. The monoisotopic (exact) mass is 427 g/mol. The summed E-state index contributed by atoms with van der Waals surface area (Å²) in [5.74, 6) is 1.41. The molecule has 2 aromatic carbocycles. The first kappa shape index (κ1) is 21.8. The second-order valence-corrected chi connectivity index (χ2v) is 8.06. The number of nitrogens with zero attached hydrogens (tertiary/aromatic N) is 3. The molecule has 7 heteroatoms. The highest BCUT2D eigenvalue weighted by atomic mass is 35.5. The van der Waals surface area contributed by atoms with Gasteiger partial charge in [0, 0.05) is 16.6 Å². The minimum Gasteiger partial charge on any atom is -0.483 e. The highest BCUT2D eigenvalue weighted by Crippen LogP contribution is 2.24. The quantitative estimate of drug-likeness (QED) is 0.522. The summed E-state index contributed by atoms with van der Waals surface area (Å²) in [6.45, 7) is 10.1. The third kappa shape index (κ3) is 5.19. The fourth-order valence-electron chi connectivity index (χ4n) is 3.11. The number of aromatic nitrogens is 2. The van der Waals surface area contributed by atoms with Gasteiger partial charge in [0.1, 0.15) is 12.3 Å². The predicted octanol–water partition coefficient (Wildman–Crippen LogP) is 5.13. The molecular formula is C23H26ClN3O3. The zero-order valence-corrected chi connectivity index (χ0v) is 18.7. The molecular weight excluding hydrogens is 402 g/mol. The summed E-state index contributed by atoms with van der Waals surface area (Å²) >= 11 is 5.92. The van der Waals surface area contributed by atoms with Crippen LogP contribution in [0.2, 0.25) is 5.02 Å². The van der Waals surface area contributed by atoms with Crippen molar-refractivity contribution < 1.29 is 14.1 Å². The molecule has 0 N–H and O–H groups in total. The maximum Gasteiger partial charge on any atom is 0.261 e. The molecule has 0 saturated heterocycles. The molecule has 3 aromatic rings. The second-order valence-electron chi connectivity index (χ2n) is 7.63. The highest BCUT2D eigenvalue weighted by molar-refractivity contribution is 6.30. The van der Waals surface area contributed by atoms with Gasteiger partial charge in [-0.15, -0.1) is 0 Å². The van der Waals surface area contributed by atoms with E-state index in [1.807, 2.05) is 52.8 Å². The summed E-state index contributed by atoms with van der Waals surface area (Å²) in [5, 5.41) is 4.65. The molecule has 1 heterocycles. The van der Waals surface area contributed by atoms with Crippen LogP contribution in [0.1, 0.15) is 36.4 Å². The Bertz CT molecular complexity index is 1030. The first-order valence-electron chi connectivity index (χ1n) is 9.83. The number of hydrogen-bond acceptors (Lipinski definition) is 5. The summed E-state index contributed by atoms with van der Waals surface area (Å²) in [4.78, 5) is 18.9. The van der Waals surface area contributed by atoms with Gasteiger partial charge < -0.3 is 14.2 Å². The summed E-state index contributed by atoms with van der Waals surface area (Å²) in [6.07, 6.45) is 0. The van der Waals surface area contributed by atoms with Gasteiger partial charge >= 0.3 is 0 Å². The molecule has 0 aliphatic carbocycles. The maximum absolute atomic E-state index is 12.9. The van der Waals surface area contributed by atoms with Gasteiger partial charge in [0.15, 0.2) is 6.61 Å². The van der Waals surface area contributed by atoms with E-state index in [0.29, 0.717) is 16.7 Å². The van der Waals surface area contributed by atoms with Crippen LogP contribution in [-0.4, -0.2) is 33.6 Å². The zero-order valence-electron chi connectivity index (χ0n) is 17.9. The van der Waals surface area contributed by atoms with Gasteiger partial charge in [0.25, 0.3) is 5.91 Å². The van der Waals surface area contributed by atoms with Crippen molar-refractivity contribution in [2.75, 3.05) is 6.61 Å². The number of aryl methyl sites for hydroxylation is 2. The predicted molar refractivity (Wildman–Crippen MR) is 117 cm³/mol. The van der Waals surface area contributed by atoms with Crippen molar-refractivity contribution in [2.45, 2.75) is 47.2 Å². The summed E-state index contributed by atoms with van der Waals surface area (Å²) in [5.41, 5.74) is 4.07. The van der Waals surface area contributed by atoms with Crippen LogP contribution in [0.25, 0.3) is 11.4 Å². The third-order valence-corrected chi connectivity index (χ3v) is 5.19. The molecule has 30 heavy (non-hydrogen) atoms. The van der Waals surface area contributed by atoms with Crippen molar-refractivity contribution in [3.63, 3.8) is 0 Å². The van der Waals surface area contributed by atoms with Crippen molar-refractivity contribution in [3.8, 4) is 17.1 Å². The van der Waals surface area contributed by atoms with Gasteiger partial charge in [-0.3, -0.25) is 4.79 Å². The molecule has 0 spiro atoms. The minimum absolute atomic E-state index is 0.0488. The Morgan fingerprint density at radius 1 is 1.17 bits per heavy atom. The fourth-order valence-corrected chi connectivity index (χ4v) is 3.24. The number of rotatable bonds is 7. The van der Waals surface area contributed by atoms with Crippen LogP contribution in [0.4, 0.5) is 0 Å². The molecule has 6 nitrogen and oxygen atoms in total. The molecule has 0 aliphatic rings. The Labute approximate surface area is 181 Å². The van der Waals surface area contributed by atoms with E-state index in [2.05, 4.69) is 16.2 Å². The van der Waals surface area contributed by atoms with E-state index in [1.165, 1.54) is 0 Å². The standard InChI is InChI=1S/C23H26ClN3O3/c1-14(2)27(22(28)13-29-20-11-15(3)10-16(4)17(20)5)12-21-25-23(26-30-21)18-6-8-19(24)9-7-18/h6-11,14H,12-13H2,1-5H3. The number of hydrogen-bond donors (Lipinski definition) is 0. The molecule has 0 saturated carbocycles. The molecule has 0 atom stereocenters. The molecule has 0 unspecified atom stereocenters. The Morgan fingerprint density at radius 3 is 2.53 bits per heavy atom. The topological polar surface area (TPSA) is 68.5 Å². The van der Waals surface area contributed by atoms with Crippen LogP contribution in [0.5, 0.6) is 5.75 Å². The van der Waals surface area contributed by atoms with Crippen LogP contribution in [0, 0.1) is 20.8 Å². The lowest BCUT2D eigenvalue weighted by Gasteiger charge is -2.25. The average molecular weight is 428 g/mol. The molecule has 0 aliphatic heterocycles. The summed E-state index contributed by atoms with van der Waals surface area (Å²) in [7, 11) is 0. The number of carbonyl (C=O) groups is 1. The van der Waals surface area contributed by atoms with Crippen LogP contribution >= 0.6 is 11.6 Å². The van der Waals surface area contributed by atoms with Gasteiger partial charge in [-0.25, -0.2) is 0 Å². The minimum atomic E-state index is -0.144. The van der Waals surface area contributed by atoms with Crippen molar-refractivity contribution in [2.24, 2.45) is 0 Å². The van der Waals surface area contributed by atoms with Crippen LogP contribution < -0.4 is 4.74 Å². The smallest absolute Gasteiger partial charge is 0.261 e. The van der Waals surface area contributed by atoms with Gasteiger partial charge in [-0.1, -0.05) is 22.8 Å². The second kappa shape index (κ2) is 9.30. The lowest BCUT2D eigenvalue weighted by atomic mass is 10.1. The van der Waals surface area contributed by atoms with Gasteiger partial charge in [-0.2, -0.15) is 4.98 Å². The van der Waals surface area contributed by atoms with E-state index in [9.17, 15) is 4.79 Å². The summed E-state index contributed by atoms with van der Waals surface area (Å²) < 4.78 is 11.2. The number of ether oxygens (including phenoxy) is 1. The van der Waals surface area contributed by atoms with Crippen LogP contribution in [-0.2, 0) is 11.3 Å². The van der Waals surface area contributed by atoms with E-state index in [4.69, 9.17) is 20.9 Å². The Balaban J connectivity index is 1.69. The van der Waals surface area contributed by atoms with Crippen LogP contribution in [0.15, 0.2) is 40.9 Å². The molecule has 158 valence electrons. The lowest BCUT2D eigenvalue weighted by molar-refractivity contribution is -0.136. The van der Waals surface area contributed by atoms with Crippen molar-refractivity contribution in [3.05, 3.63) is 64.0 Å². The number of benzene rings is 2. The molecule has 0 radical (unpaired) electrons. The Morgan fingerprint density at radius 2 is 1.87 bits per heavy atom. The molecule has 3 rings (SSSR count). The van der Waals surface area contributed by atoms with Crippen LogP contribution in [0.3, 0.4) is 0 Å². The van der Waals surface area contributed by atoms with Crippen molar-refractivity contribution in [1.82, 2.24) is 15.0 Å². The van der Waals surface area contributed by atoms with E-state index in [1.54, 1.807) is 17.0 Å². The van der Waals surface area contributed by atoms with Gasteiger partial charge in [0.2, 0.25) is 11.7 Å². The SMILES string of the molecule is Cc1cc(C)c(C)c(OCC(=O)N(Cc2nc(-c3ccc(Cl)cc3)no2)C(C)C)c1. The highest BCUT2D eigenvalue weighted by Gasteiger charge is 2.22. The summed E-state index contributed by atoms with van der Waals surface area (Å²) in [6, 6.07) is 11.2. The lowest BCUT2D eigenvalue weighted by Crippen LogP contribution is -2.39. The van der Waals surface area contributed by atoms with Gasteiger partial charge in [0.05, 0.1) is 0 Å². The van der Waals surface area contributed by atoms with Gasteiger partial charge in [-0.05, 0) is 81.6 Å². The number of carbonyl (C=O) groups excluding carboxylic acids is 1. The van der Waals surface area contributed by atoms with E-state index in [-0.39, 0.29) is 25.1 Å². The number of amides is 1. The number of halogens is 1. The molecule has 0 bridgehead atoms. The largest absolute Gasteiger partial charge is 0.483 e. The average Bonchev–Trinajstić information content (AvgIpc) is 3.16. The molecule has 1 amide bonds. The maximum atomic E-state index is 12.9. The first-order chi connectivity index (χ1) is 14.2. The first-order valence-corrected chi connectivity index (χ1v) is 10.2. The van der Waals surface area contributed by atoms with Crippen molar-refractivity contribution in [1.29, 1.82) is 0 Å².